The second-order valence-electron chi connectivity index (χ2n) is 3.24. The molecule has 14 heavy (non-hydrogen) atoms. The molecule has 0 aromatic heterocycles. The summed E-state index contributed by atoms with van der Waals surface area (Å²) in [5.41, 5.74) is 7.64. The van der Waals surface area contributed by atoms with Gasteiger partial charge in [0.2, 0.25) is 0 Å². The fourth-order valence-corrected chi connectivity index (χ4v) is 1.44. The van der Waals surface area contributed by atoms with Gasteiger partial charge in [-0.1, -0.05) is 42.1 Å². The van der Waals surface area contributed by atoms with Crippen LogP contribution >= 0.6 is 12.2 Å². The molecule has 0 radical (unpaired) electrons. The highest BCUT2D eigenvalue weighted by Gasteiger charge is 2.14. The second kappa shape index (κ2) is 4.73. The molecule has 0 bridgehead atoms. The van der Waals surface area contributed by atoms with Crippen LogP contribution in [0.5, 0.6) is 0 Å². The number of thiocarbonyl (C=S) groups is 1. The Kier molecular flexibility index (Phi) is 3.61. The standard InChI is InChI=1S/C11H12N2S/c1-8-3-2-4-9(6-5-8)10(7-12)11(13)14/h2-4,6,10H,5H2,1H3,(H2,13,14). The van der Waals surface area contributed by atoms with E-state index in [0.717, 1.165) is 12.0 Å². The summed E-state index contributed by atoms with van der Waals surface area (Å²) in [5.74, 6) is -0.458. The molecule has 1 aliphatic rings. The molecule has 0 heterocycles. The van der Waals surface area contributed by atoms with Crippen LogP contribution in [-0.4, -0.2) is 4.99 Å². The summed E-state index contributed by atoms with van der Waals surface area (Å²) in [4.78, 5) is 0.239. The molecule has 0 saturated carbocycles. The van der Waals surface area contributed by atoms with Gasteiger partial charge in [-0.15, -0.1) is 0 Å². The Morgan fingerprint density at radius 3 is 3.00 bits per heavy atom. The maximum absolute atomic E-state index is 8.90. The van der Waals surface area contributed by atoms with E-state index in [1.54, 1.807) is 0 Å². The van der Waals surface area contributed by atoms with Gasteiger partial charge in [-0.2, -0.15) is 5.26 Å². The normalized spacial score (nSPS) is 17.4. The Bertz CT molecular complexity index is 369. The molecule has 1 unspecified atom stereocenters. The van der Waals surface area contributed by atoms with Crippen LogP contribution < -0.4 is 5.73 Å². The van der Waals surface area contributed by atoms with Crippen LogP contribution in [0, 0.1) is 17.2 Å². The van der Waals surface area contributed by atoms with Crippen LogP contribution in [0.25, 0.3) is 0 Å². The first-order valence-electron chi connectivity index (χ1n) is 4.38. The number of nitriles is 1. The van der Waals surface area contributed by atoms with Crippen molar-refractivity contribution in [2.24, 2.45) is 11.7 Å². The monoisotopic (exact) mass is 204 g/mol. The van der Waals surface area contributed by atoms with Gasteiger partial charge in [0.15, 0.2) is 0 Å². The molecule has 0 fully saturated rings. The van der Waals surface area contributed by atoms with Gasteiger partial charge < -0.3 is 5.73 Å². The van der Waals surface area contributed by atoms with Crippen LogP contribution in [0.2, 0.25) is 0 Å². The summed E-state index contributed by atoms with van der Waals surface area (Å²) >= 11 is 4.83. The molecule has 1 atom stereocenters. The highest BCUT2D eigenvalue weighted by Crippen LogP contribution is 2.18. The van der Waals surface area contributed by atoms with E-state index in [1.807, 2.05) is 31.2 Å². The molecule has 0 aromatic rings. The molecule has 0 saturated heterocycles. The van der Waals surface area contributed by atoms with Gasteiger partial charge in [0, 0.05) is 0 Å². The molecule has 2 N–H and O–H groups in total. The summed E-state index contributed by atoms with van der Waals surface area (Å²) in [6, 6.07) is 2.10. The lowest BCUT2D eigenvalue weighted by molar-refractivity contribution is 1.06. The summed E-state index contributed by atoms with van der Waals surface area (Å²) in [6.45, 7) is 2.05. The van der Waals surface area contributed by atoms with E-state index in [1.165, 1.54) is 5.57 Å². The lowest BCUT2D eigenvalue weighted by Crippen LogP contribution is -2.20. The van der Waals surface area contributed by atoms with Gasteiger partial charge in [0.1, 0.15) is 5.92 Å². The average molecular weight is 204 g/mol. The number of hydrogen-bond acceptors (Lipinski definition) is 2. The molecule has 0 amide bonds. The largest absolute Gasteiger partial charge is 0.392 e. The van der Waals surface area contributed by atoms with Gasteiger partial charge in [-0.05, 0) is 18.9 Å². The van der Waals surface area contributed by atoms with E-state index < -0.39 is 5.92 Å². The van der Waals surface area contributed by atoms with E-state index in [4.69, 9.17) is 23.2 Å². The van der Waals surface area contributed by atoms with Gasteiger partial charge in [0.05, 0.1) is 11.1 Å². The molecule has 1 aliphatic carbocycles. The van der Waals surface area contributed by atoms with E-state index in [-0.39, 0.29) is 4.99 Å². The third-order valence-electron chi connectivity index (χ3n) is 2.08. The molecule has 3 heteroatoms. The summed E-state index contributed by atoms with van der Waals surface area (Å²) in [7, 11) is 0. The fraction of sp³-hybridized carbons (Fsp3) is 0.273. The second-order valence-corrected chi connectivity index (χ2v) is 3.72. The minimum Gasteiger partial charge on any atom is -0.392 e. The van der Waals surface area contributed by atoms with Crippen LogP contribution in [-0.2, 0) is 0 Å². The Morgan fingerprint density at radius 2 is 2.43 bits per heavy atom. The summed E-state index contributed by atoms with van der Waals surface area (Å²) in [5, 5.41) is 8.90. The zero-order chi connectivity index (χ0) is 10.6. The van der Waals surface area contributed by atoms with Crippen LogP contribution in [0.1, 0.15) is 13.3 Å². The Balaban J connectivity index is 2.91. The first-order valence-corrected chi connectivity index (χ1v) is 4.79. The van der Waals surface area contributed by atoms with Crippen molar-refractivity contribution in [3.05, 3.63) is 35.5 Å². The molecular formula is C11H12N2S. The zero-order valence-corrected chi connectivity index (χ0v) is 8.84. The summed E-state index contributed by atoms with van der Waals surface area (Å²) < 4.78 is 0. The van der Waals surface area contributed by atoms with Crippen LogP contribution in [0.15, 0.2) is 35.5 Å². The van der Waals surface area contributed by atoms with Gasteiger partial charge in [0.25, 0.3) is 0 Å². The van der Waals surface area contributed by atoms with E-state index in [0.29, 0.717) is 0 Å². The van der Waals surface area contributed by atoms with Crippen molar-refractivity contribution in [2.75, 3.05) is 0 Å². The maximum atomic E-state index is 8.90. The van der Waals surface area contributed by atoms with Crippen molar-refractivity contribution >= 4 is 17.2 Å². The number of nitrogens with zero attached hydrogens (tertiary/aromatic N) is 1. The SMILES string of the molecule is CC1=CC=CC(C(C#N)C(N)=S)=CC1. The molecule has 0 aliphatic heterocycles. The quantitative estimate of drug-likeness (QED) is 0.702. The van der Waals surface area contributed by atoms with Gasteiger partial charge >= 0.3 is 0 Å². The number of allylic oxidation sites excluding steroid dienone is 5. The van der Waals surface area contributed by atoms with Crippen molar-refractivity contribution in [1.82, 2.24) is 0 Å². The minimum atomic E-state index is -0.458. The molecular weight excluding hydrogens is 192 g/mol. The highest BCUT2D eigenvalue weighted by molar-refractivity contribution is 7.80. The first-order chi connectivity index (χ1) is 6.65. The molecule has 72 valence electrons. The number of rotatable bonds is 2. The van der Waals surface area contributed by atoms with Gasteiger partial charge in [-0.25, -0.2) is 0 Å². The van der Waals surface area contributed by atoms with Crippen molar-refractivity contribution < 1.29 is 0 Å². The summed E-state index contributed by atoms with van der Waals surface area (Å²) in [6.07, 6.45) is 8.70. The van der Waals surface area contributed by atoms with E-state index in [2.05, 4.69) is 6.07 Å². The van der Waals surface area contributed by atoms with Gasteiger partial charge in [-0.3, -0.25) is 0 Å². The predicted octanol–water partition coefficient (Wildman–Crippen LogP) is 2.24. The lowest BCUT2D eigenvalue weighted by Gasteiger charge is -2.07. The van der Waals surface area contributed by atoms with Crippen molar-refractivity contribution in [1.29, 1.82) is 5.26 Å². The number of hydrogen-bond donors (Lipinski definition) is 1. The maximum Gasteiger partial charge on any atom is 0.121 e. The lowest BCUT2D eigenvalue weighted by atomic mass is 9.99. The third-order valence-corrected chi connectivity index (χ3v) is 2.31. The molecule has 2 nitrogen and oxygen atoms in total. The Hall–Kier alpha value is -1.40. The molecule has 1 rings (SSSR count). The number of nitrogens with two attached hydrogens (primary N) is 1. The Labute approximate surface area is 89.4 Å². The van der Waals surface area contributed by atoms with Crippen molar-refractivity contribution in [2.45, 2.75) is 13.3 Å². The fourth-order valence-electron chi connectivity index (χ4n) is 1.25. The van der Waals surface area contributed by atoms with E-state index >= 15 is 0 Å². The van der Waals surface area contributed by atoms with E-state index in [9.17, 15) is 0 Å². The zero-order valence-electron chi connectivity index (χ0n) is 8.03. The average Bonchev–Trinajstić information content (AvgIpc) is 2.32. The van der Waals surface area contributed by atoms with Crippen molar-refractivity contribution in [3.63, 3.8) is 0 Å². The van der Waals surface area contributed by atoms with Crippen LogP contribution in [0.4, 0.5) is 0 Å². The highest BCUT2D eigenvalue weighted by atomic mass is 32.1. The molecule has 0 aromatic carbocycles. The smallest absolute Gasteiger partial charge is 0.121 e. The third kappa shape index (κ3) is 2.54. The molecule has 0 spiro atoms. The predicted molar refractivity (Wildman–Crippen MR) is 61.5 cm³/mol. The Morgan fingerprint density at radius 1 is 1.71 bits per heavy atom. The van der Waals surface area contributed by atoms with Crippen LogP contribution in [0.3, 0.4) is 0 Å². The topological polar surface area (TPSA) is 49.8 Å². The minimum absolute atomic E-state index is 0.239. The van der Waals surface area contributed by atoms with Crippen molar-refractivity contribution in [3.8, 4) is 6.07 Å². The first kappa shape index (κ1) is 10.7.